The number of nitrogens with zero attached hydrogens (tertiary/aromatic N) is 2. The quantitative estimate of drug-likeness (QED) is 0.503. The van der Waals surface area contributed by atoms with Gasteiger partial charge < -0.3 is 0 Å². The Hall–Kier alpha value is -0.920. The molecule has 0 amide bonds. The average molecular weight is 124 g/mol. The van der Waals surface area contributed by atoms with Gasteiger partial charge in [0, 0.05) is 24.3 Å². The molecule has 0 radical (unpaired) electrons. The van der Waals surface area contributed by atoms with Crippen molar-refractivity contribution in [1.29, 1.82) is 0 Å². The Morgan fingerprint density at radius 1 is 1.22 bits per heavy atom. The van der Waals surface area contributed by atoms with Gasteiger partial charge in [-0.15, -0.1) is 0 Å². The molecule has 0 N–H and O–H groups in total. The van der Waals surface area contributed by atoms with Crippen molar-refractivity contribution in [2.45, 2.75) is 20.8 Å². The summed E-state index contributed by atoms with van der Waals surface area (Å²) in [6.07, 6.45) is 5.05. The van der Waals surface area contributed by atoms with E-state index in [0.29, 0.717) is 0 Å². The Balaban J connectivity index is 3.60. The van der Waals surface area contributed by atoms with Gasteiger partial charge in [0.25, 0.3) is 0 Å². The highest BCUT2D eigenvalue weighted by Gasteiger charge is 1.68. The van der Waals surface area contributed by atoms with E-state index >= 15 is 0 Å². The average Bonchev–Trinajstić information content (AvgIpc) is 1.80. The van der Waals surface area contributed by atoms with Crippen LogP contribution in [0.3, 0.4) is 0 Å². The number of aliphatic imine (C=N–C) groups is 2. The van der Waals surface area contributed by atoms with E-state index in [0.717, 1.165) is 5.71 Å². The topological polar surface area (TPSA) is 24.7 Å². The van der Waals surface area contributed by atoms with Crippen molar-refractivity contribution in [3.8, 4) is 0 Å². The van der Waals surface area contributed by atoms with Crippen LogP contribution >= 0.6 is 0 Å². The van der Waals surface area contributed by atoms with Crippen molar-refractivity contribution in [3.63, 3.8) is 0 Å². The fraction of sp³-hybridized carbons (Fsp3) is 0.429. The van der Waals surface area contributed by atoms with Gasteiger partial charge in [0.05, 0.1) is 0 Å². The van der Waals surface area contributed by atoms with E-state index in [-0.39, 0.29) is 0 Å². The second-order valence-electron chi connectivity index (χ2n) is 1.78. The van der Waals surface area contributed by atoms with Crippen molar-refractivity contribution >= 4 is 11.9 Å². The molecule has 0 rings (SSSR count). The molecule has 0 aromatic rings. The van der Waals surface area contributed by atoms with E-state index in [4.69, 9.17) is 0 Å². The van der Waals surface area contributed by atoms with Crippen LogP contribution in [0.5, 0.6) is 0 Å². The van der Waals surface area contributed by atoms with Crippen LogP contribution in [-0.4, -0.2) is 11.9 Å². The first-order chi connectivity index (χ1) is 4.27. The molecular weight excluding hydrogens is 112 g/mol. The Labute approximate surface area is 56.0 Å². The van der Waals surface area contributed by atoms with Crippen molar-refractivity contribution in [3.05, 3.63) is 12.4 Å². The highest BCUT2D eigenvalue weighted by atomic mass is 14.7. The zero-order chi connectivity index (χ0) is 7.11. The van der Waals surface area contributed by atoms with Gasteiger partial charge in [-0.2, -0.15) is 0 Å². The molecule has 0 heterocycles. The fourth-order valence-corrected chi connectivity index (χ4v) is 0.307. The molecule has 0 aliphatic rings. The summed E-state index contributed by atoms with van der Waals surface area (Å²) < 4.78 is 0. The molecule has 0 aliphatic carbocycles. The van der Waals surface area contributed by atoms with Crippen LogP contribution in [0.2, 0.25) is 0 Å². The molecule has 0 saturated carbocycles. The molecule has 2 heteroatoms. The lowest BCUT2D eigenvalue weighted by atomic mass is 10.5. The second kappa shape index (κ2) is 5.22. The lowest BCUT2D eigenvalue weighted by molar-refractivity contribution is 1.44. The third kappa shape index (κ3) is 7.08. The summed E-state index contributed by atoms with van der Waals surface area (Å²) in [6, 6.07) is 0. The molecule has 50 valence electrons. The van der Waals surface area contributed by atoms with E-state index in [1.165, 1.54) is 0 Å². The number of hydrogen-bond donors (Lipinski definition) is 0. The fourth-order valence-electron chi connectivity index (χ4n) is 0.307. The van der Waals surface area contributed by atoms with Gasteiger partial charge in [-0.25, -0.2) is 0 Å². The van der Waals surface area contributed by atoms with Crippen LogP contribution in [0, 0.1) is 0 Å². The largest absolute Gasteiger partial charge is 0.268 e. The minimum atomic E-state index is 1.04. The predicted molar refractivity (Wildman–Crippen MR) is 42.1 cm³/mol. The first kappa shape index (κ1) is 8.08. The van der Waals surface area contributed by atoms with Crippen LogP contribution in [-0.2, 0) is 0 Å². The first-order valence-corrected chi connectivity index (χ1v) is 2.91. The maximum Gasteiger partial charge on any atom is 0.0449 e. The third-order valence-corrected chi connectivity index (χ3v) is 0.635. The molecule has 0 aromatic heterocycles. The summed E-state index contributed by atoms with van der Waals surface area (Å²) in [5, 5.41) is 0. The van der Waals surface area contributed by atoms with Gasteiger partial charge >= 0.3 is 0 Å². The first-order valence-electron chi connectivity index (χ1n) is 2.91. The molecule has 0 bridgehead atoms. The Kier molecular flexibility index (Phi) is 4.69. The SMILES string of the molecule is CC=N/C=C\N=C(C)C. The summed E-state index contributed by atoms with van der Waals surface area (Å²) in [6.45, 7) is 5.76. The Bertz CT molecular complexity index is 139. The summed E-state index contributed by atoms with van der Waals surface area (Å²) in [7, 11) is 0. The minimum Gasteiger partial charge on any atom is -0.268 e. The zero-order valence-electron chi connectivity index (χ0n) is 6.13. The summed E-state index contributed by atoms with van der Waals surface area (Å²) in [4.78, 5) is 7.82. The monoisotopic (exact) mass is 124 g/mol. The predicted octanol–water partition coefficient (Wildman–Crippen LogP) is 2.03. The molecule has 9 heavy (non-hydrogen) atoms. The molecule has 2 nitrogen and oxygen atoms in total. The van der Waals surface area contributed by atoms with Crippen LogP contribution in [0.1, 0.15) is 20.8 Å². The molecule has 0 unspecified atom stereocenters. The maximum absolute atomic E-state index is 3.98. The maximum atomic E-state index is 3.98. The van der Waals surface area contributed by atoms with Gasteiger partial charge in [-0.1, -0.05) is 0 Å². The van der Waals surface area contributed by atoms with E-state index in [1.807, 2.05) is 20.8 Å². The summed E-state index contributed by atoms with van der Waals surface area (Å²) in [5.41, 5.74) is 1.04. The molecule has 0 spiro atoms. The Morgan fingerprint density at radius 3 is 2.33 bits per heavy atom. The lowest BCUT2D eigenvalue weighted by Gasteiger charge is -1.79. The van der Waals surface area contributed by atoms with Crippen LogP contribution in [0.4, 0.5) is 0 Å². The highest BCUT2D eigenvalue weighted by Crippen LogP contribution is 1.78. The van der Waals surface area contributed by atoms with Crippen molar-refractivity contribution in [1.82, 2.24) is 0 Å². The normalized spacial score (nSPS) is 11.0. The van der Waals surface area contributed by atoms with Crippen molar-refractivity contribution in [2.24, 2.45) is 9.98 Å². The summed E-state index contributed by atoms with van der Waals surface area (Å²) in [5.74, 6) is 0. The third-order valence-electron chi connectivity index (χ3n) is 0.635. The van der Waals surface area contributed by atoms with E-state index in [2.05, 4.69) is 9.98 Å². The van der Waals surface area contributed by atoms with Gasteiger partial charge in [0.1, 0.15) is 0 Å². The van der Waals surface area contributed by atoms with Gasteiger partial charge in [-0.05, 0) is 20.8 Å². The number of rotatable bonds is 2. The molecule has 0 aliphatic heterocycles. The molecule has 0 fully saturated rings. The van der Waals surface area contributed by atoms with E-state index in [1.54, 1.807) is 18.6 Å². The summed E-state index contributed by atoms with van der Waals surface area (Å²) >= 11 is 0. The van der Waals surface area contributed by atoms with Crippen molar-refractivity contribution < 1.29 is 0 Å². The van der Waals surface area contributed by atoms with Crippen LogP contribution < -0.4 is 0 Å². The lowest BCUT2D eigenvalue weighted by Crippen LogP contribution is -1.74. The molecular formula is C7H12N2. The van der Waals surface area contributed by atoms with E-state index in [9.17, 15) is 0 Å². The van der Waals surface area contributed by atoms with Gasteiger partial charge in [0.2, 0.25) is 0 Å². The van der Waals surface area contributed by atoms with Crippen LogP contribution in [0.25, 0.3) is 0 Å². The smallest absolute Gasteiger partial charge is 0.0449 e. The van der Waals surface area contributed by atoms with E-state index < -0.39 is 0 Å². The standard InChI is InChI=1S/C7H12N2/c1-4-8-5-6-9-7(2)3/h4-6H,1-3H3/b6-5-,8-4?. The Morgan fingerprint density at radius 2 is 1.89 bits per heavy atom. The molecule has 0 atom stereocenters. The second-order valence-corrected chi connectivity index (χ2v) is 1.78. The minimum absolute atomic E-state index is 1.04. The van der Waals surface area contributed by atoms with Gasteiger partial charge in [-0.3, -0.25) is 9.98 Å². The number of hydrogen-bond acceptors (Lipinski definition) is 2. The molecule has 0 saturated heterocycles. The molecule has 0 aromatic carbocycles. The zero-order valence-corrected chi connectivity index (χ0v) is 6.13. The van der Waals surface area contributed by atoms with Crippen molar-refractivity contribution in [2.75, 3.05) is 0 Å². The van der Waals surface area contributed by atoms with Crippen LogP contribution in [0.15, 0.2) is 22.4 Å². The van der Waals surface area contributed by atoms with Gasteiger partial charge in [0.15, 0.2) is 0 Å². The highest BCUT2D eigenvalue weighted by molar-refractivity contribution is 5.79.